The smallest absolute Gasteiger partial charge is 0.321 e. The van der Waals surface area contributed by atoms with Crippen LogP contribution in [-0.4, -0.2) is 27.4 Å². The molecule has 0 bridgehead atoms. The van der Waals surface area contributed by atoms with Gasteiger partial charge in [-0.05, 0) is 12.1 Å². The summed E-state index contributed by atoms with van der Waals surface area (Å²) in [5.41, 5.74) is 0.882. The number of hydrogen-bond donors (Lipinski definition) is 0. The van der Waals surface area contributed by atoms with E-state index < -0.39 is 9.75 Å². The average Bonchev–Trinajstić information content (AvgIpc) is 2.80. The first-order valence-corrected chi connectivity index (χ1v) is 6.39. The van der Waals surface area contributed by atoms with Crippen LogP contribution in [0.5, 0.6) is 0 Å². The van der Waals surface area contributed by atoms with E-state index in [4.69, 9.17) is 0 Å². The Balaban J connectivity index is 2.31. The molecule has 6 nitrogen and oxygen atoms in total. The maximum absolute atomic E-state index is 11.3. The molecule has 0 aliphatic heterocycles. The Morgan fingerprint density at radius 3 is 2.89 bits per heavy atom. The Morgan fingerprint density at radius 2 is 2.26 bits per heavy atom. The van der Waals surface area contributed by atoms with Crippen LogP contribution in [0.3, 0.4) is 0 Å². The second kappa shape index (κ2) is 5.40. The van der Waals surface area contributed by atoms with Crippen LogP contribution in [0.1, 0.15) is 0 Å². The number of benzene rings is 1. The number of nitro benzene ring substituents is 1. The van der Waals surface area contributed by atoms with E-state index in [1.54, 1.807) is 18.3 Å². The van der Waals surface area contributed by atoms with Gasteiger partial charge in [0.1, 0.15) is 4.83 Å². The number of carbonyl (C=O) groups is 1. The van der Waals surface area contributed by atoms with Crippen molar-refractivity contribution in [2.24, 2.45) is 0 Å². The number of carbonyl (C=O) groups excluding carboxylic acids is 1. The molecule has 1 unspecified atom stereocenters. The van der Waals surface area contributed by atoms with Gasteiger partial charge in [0.25, 0.3) is 5.69 Å². The Labute approximate surface area is 117 Å². The van der Waals surface area contributed by atoms with E-state index in [1.807, 2.05) is 4.57 Å². The average molecular weight is 327 g/mol. The van der Waals surface area contributed by atoms with E-state index in [9.17, 15) is 14.9 Å². The van der Waals surface area contributed by atoms with E-state index >= 15 is 0 Å². The van der Waals surface area contributed by atoms with Crippen molar-refractivity contribution >= 4 is 38.5 Å². The second-order valence-electron chi connectivity index (χ2n) is 3.96. The first-order chi connectivity index (χ1) is 9.02. The molecule has 19 heavy (non-hydrogen) atoms. The second-order valence-corrected chi connectivity index (χ2v) is 5.06. The number of methoxy groups -OCH3 is 1. The number of nitro groups is 1. The molecule has 7 heteroatoms. The number of rotatable bonds is 4. The third-order valence-corrected chi connectivity index (χ3v) is 3.44. The van der Waals surface area contributed by atoms with Gasteiger partial charge < -0.3 is 9.30 Å². The topological polar surface area (TPSA) is 74.4 Å². The largest absolute Gasteiger partial charge is 0.468 e. The first kappa shape index (κ1) is 13.5. The number of esters is 1. The summed E-state index contributed by atoms with van der Waals surface area (Å²) in [6.45, 7) is 0.397. The van der Waals surface area contributed by atoms with Crippen LogP contribution in [0.4, 0.5) is 5.69 Å². The summed E-state index contributed by atoms with van der Waals surface area (Å²) < 4.78 is 6.48. The molecular weight excluding hydrogens is 316 g/mol. The summed E-state index contributed by atoms with van der Waals surface area (Å²) in [5.74, 6) is -0.358. The SMILES string of the molecule is COC(=O)C(Br)Cn1ccc2cc([N+](=O)[O-])ccc21. The minimum Gasteiger partial charge on any atom is -0.468 e. The zero-order valence-corrected chi connectivity index (χ0v) is 11.7. The van der Waals surface area contributed by atoms with Gasteiger partial charge in [0.05, 0.1) is 12.0 Å². The zero-order chi connectivity index (χ0) is 14.0. The highest BCUT2D eigenvalue weighted by Gasteiger charge is 2.17. The molecule has 0 spiro atoms. The zero-order valence-electron chi connectivity index (χ0n) is 10.1. The maximum Gasteiger partial charge on any atom is 0.321 e. The Bertz CT molecular complexity index is 638. The fourth-order valence-electron chi connectivity index (χ4n) is 1.84. The van der Waals surface area contributed by atoms with Crippen LogP contribution in [0.25, 0.3) is 10.9 Å². The van der Waals surface area contributed by atoms with Gasteiger partial charge in [-0.25, -0.2) is 0 Å². The normalized spacial score (nSPS) is 12.3. The van der Waals surface area contributed by atoms with Crippen molar-refractivity contribution in [1.29, 1.82) is 0 Å². The summed E-state index contributed by atoms with van der Waals surface area (Å²) in [6.07, 6.45) is 1.78. The molecule has 0 fully saturated rings. The molecule has 0 aliphatic carbocycles. The highest BCUT2D eigenvalue weighted by atomic mass is 79.9. The Hall–Kier alpha value is -1.89. The van der Waals surface area contributed by atoms with Crippen LogP contribution < -0.4 is 0 Å². The van der Waals surface area contributed by atoms with Crippen LogP contribution in [0, 0.1) is 10.1 Å². The van der Waals surface area contributed by atoms with Gasteiger partial charge in [0.15, 0.2) is 0 Å². The van der Waals surface area contributed by atoms with Gasteiger partial charge in [-0.2, -0.15) is 0 Å². The van der Waals surface area contributed by atoms with E-state index in [-0.39, 0.29) is 11.7 Å². The third-order valence-electron chi connectivity index (χ3n) is 2.78. The lowest BCUT2D eigenvalue weighted by Gasteiger charge is -2.09. The van der Waals surface area contributed by atoms with Crippen molar-refractivity contribution in [2.45, 2.75) is 11.4 Å². The summed E-state index contributed by atoms with van der Waals surface area (Å²) in [4.78, 5) is 21.1. The molecule has 1 atom stereocenters. The highest BCUT2D eigenvalue weighted by molar-refractivity contribution is 9.10. The van der Waals surface area contributed by atoms with Crippen molar-refractivity contribution in [3.05, 3.63) is 40.6 Å². The molecule has 0 amide bonds. The molecule has 0 saturated carbocycles. The van der Waals surface area contributed by atoms with E-state index in [2.05, 4.69) is 20.7 Å². The van der Waals surface area contributed by atoms with Crippen molar-refractivity contribution in [3.63, 3.8) is 0 Å². The van der Waals surface area contributed by atoms with Gasteiger partial charge >= 0.3 is 5.97 Å². The van der Waals surface area contributed by atoms with Gasteiger partial charge in [-0.3, -0.25) is 14.9 Å². The molecule has 1 aromatic heterocycles. The minimum absolute atomic E-state index is 0.0496. The molecule has 2 aromatic rings. The van der Waals surface area contributed by atoms with E-state index in [0.717, 1.165) is 10.9 Å². The third kappa shape index (κ3) is 2.76. The molecule has 0 radical (unpaired) electrons. The van der Waals surface area contributed by atoms with Gasteiger partial charge in [0.2, 0.25) is 0 Å². The lowest BCUT2D eigenvalue weighted by molar-refractivity contribution is -0.384. The van der Waals surface area contributed by atoms with Crippen LogP contribution in [-0.2, 0) is 16.1 Å². The molecule has 1 heterocycles. The number of ether oxygens (including phenoxy) is 1. The monoisotopic (exact) mass is 326 g/mol. The standard InChI is InChI=1S/C12H11BrN2O4/c1-19-12(16)10(13)7-14-5-4-8-6-9(15(17)18)2-3-11(8)14/h2-6,10H,7H2,1H3. The molecule has 0 aliphatic rings. The predicted molar refractivity (Wildman–Crippen MR) is 73.3 cm³/mol. The lowest BCUT2D eigenvalue weighted by Crippen LogP contribution is -2.21. The summed E-state index contributed by atoms with van der Waals surface area (Å²) in [6, 6.07) is 6.40. The van der Waals surface area contributed by atoms with E-state index in [0.29, 0.717) is 6.54 Å². The minimum atomic E-state index is -0.455. The van der Waals surface area contributed by atoms with E-state index in [1.165, 1.54) is 19.2 Å². The molecular formula is C12H11BrN2O4. The van der Waals surface area contributed by atoms with Crippen molar-refractivity contribution in [1.82, 2.24) is 4.57 Å². The number of nitrogens with zero attached hydrogens (tertiary/aromatic N) is 2. The number of alkyl halides is 1. The number of non-ortho nitro benzene ring substituents is 1. The Kier molecular flexibility index (Phi) is 3.84. The Morgan fingerprint density at radius 1 is 1.53 bits per heavy atom. The molecule has 1 aromatic carbocycles. The lowest BCUT2D eigenvalue weighted by atomic mass is 10.2. The van der Waals surface area contributed by atoms with Crippen LogP contribution in [0.15, 0.2) is 30.5 Å². The molecule has 100 valence electrons. The van der Waals surface area contributed by atoms with Crippen molar-refractivity contribution in [3.8, 4) is 0 Å². The fraction of sp³-hybridized carbons (Fsp3) is 0.250. The predicted octanol–water partition coefficient (Wildman–Crippen LogP) is 2.49. The summed E-state index contributed by atoms with van der Waals surface area (Å²) >= 11 is 3.24. The molecule has 2 rings (SSSR count). The number of halogens is 1. The highest BCUT2D eigenvalue weighted by Crippen LogP contribution is 2.22. The molecule has 0 saturated heterocycles. The number of fused-ring (bicyclic) bond motifs is 1. The van der Waals surface area contributed by atoms with Crippen LogP contribution in [0.2, 0.25) is 0 Å². The van der Waals surface area contributed by atoms with Gasteiger partial charge in [0, 0.05) is 35.8 Å². The van der Waals surface area contributed by atoms with Crippen LogP contribution >= 0.6 is 15.9 Å². The van der Waals surface area contributed by atoms with Crippen molar-refractivity contribution < 1.29 is 14.5 Å². The molecule has 0 N–H and O–H groups in total. The maximum atomic E-state index is 11.3. The van der Waals surface area contributed by atoms with Gasteiger partial charge in [-0.15, -0.1) is 0 Å². The fourth-order valence-corrected chi connectivity index (χ4v) is 2.33. The number of aromatic nitrogens is 1. The number of hydrogen-bond acceptors (Lipinski definition) is 4. The van der Waals surface area contributed by atoms with Gasteiger partial charge in [-0.1, -0.05) is 15.9 Å². The quantitative estimate of drug-likeness (QED) is 0.374. The summed E-state index contributed by atoms with van der Waals surface area (Å²) in [7, 11) is 1.33. The summed E-state index contributed by atoms with van der Waals surface area (Å²) in [5, 5.41) is 11.5. The first-order valence-electron chi connectivity index (χ1n) is 5.48. The van der Waals surface area contributed by atoms with Crippen molar-refractivity contribution in [2.75, 3.05) is 7.11 Å².